The van der Waals surface area contributed by atoms with Gasteiger partial charge < -0.3 is 5.32 Å². The summed E-state index contributed by atoms with van der Waals surface area (Å²) in [7, 11) is 0. The zero-order valence-electron chi connectivity index (χ0n) is 13.6. The maximum Gasteiger partial charge on any atom is 0.228 e. The van der Waals surface area contributed by atoms with Crippen molar-refractivity contribution in [3.8, 4) is 10.6 Å². The van der Waals surface area contributed by atoms with Gasteiger partial charge in [-0.15, -0.1) is 0 Å². The molecule has 2 aromatic heterocycles. The molecule has 0 saturated carbocycles. The van der Waals surface area contributed by atoms with Crippen molar-refractivity contribution in [1.82, 2.24) is 9.97 Å². The number of amides is 1. The molecule has 2 aromatic carbocycles. The molecule has 0 bridgehead atoms. The second-order valence-corrected chi connectivity index (χ2v) is 7.68. The first-order valence-corrected chi connectivity index (χ1v) is 9.65. The topological polar surface area (TPSA) is 54.9 Å². The van der Waals surface area contributed by atoms with Crippen LogP contribution in [0.15, 0.2) is 71.3 Å². The quantitative estimate of drug-likeness (QED) is 0.484. The summed E-state index contributed by atoms with van der Waals surface area (Å²) >= 11 is 4.97. The number of nitrogens with zero attached hydrogens (tertiary/aromatic N) is 2. The average molecular weight is 424 g/mol. The zero-order valence-corrected chi connectivity index (χ0v) is 16.0. The van der Waals surface area contributed by atoms with Crippen LogP contribution in [0.2, 0.25) is 0 Å². The summed E-state index contributed by atoms with van der Waals surface area (Å²) in [4.78, 5) is 22.2. The van der Waals surface area contributed by atoms with Crippen LogP contribution in [0.5, 0.6) is 0 Å². The summed E-state index contributed by atoms with van der Waals surface area (Å²) in [5, 5.41) is 3.85. The second kappa shape index (κ2) is 7.35. The molecule has 4 aromatic rings. The Morgan fingerprint density at radius 2 is 1.96 bits per heavy atom. The molecule has 4 rings (SSSR count). The normalized spacial score (nSPS) is 10.8. The largest absolute Gasteiger partial charge is 0.326 e. The Bertz CT molecular complexity index is 1060. The van der Waals surface area contributed by atoms with Crippen LogP contribution in [0.4, 0.5) is 5.69 Å². The first-order chi connectivity index (χ1) is 12.7. The number of fused-ring (bicyclic) bond motifs is 1. The van der Waals surface area contributed by atoms with E-state index in [4.69, 9.17) is 0 Å². The third-order valence-corrected chi connectivity index (χ3v) is 5.33. The summed E-state index contributed by atoms with van der Waals surface area (Å²) in [6.07, 6.45) is 2.09. The van der Waals surface area contributed by atoms with Crippen LogP contribution in [0.25, 0.3) is 20.9 Å². The molecule has 0 aliphatic rings. The molecule has 128 valence electrons. The Kier molecular flexibility index (Phi) is 4.77. The highest BCUT2D eigenvalue weighted by molar-refractivity contribution is 9.10. The van der Waals surface area contributed by atoms with Gasteiger partial charge in [-0.1, -0.05) is 51.5 Å². The van der Waals surface area contributed by atoms with E-state index in [0.717, 1.165) is 36.6 Å². The number of thiazole rings is 1. The standard InChI is InChI=1S/C20H14BrN3OS/c21-15-6-1-4-13(10-15)11-18(25)23-16-7-2-5-14(12-16)19-24-17-8-3-9-22-20(17)26-19/h1-10,12H,11H2,(H,23,25). The minimum absolute atomic E-state index is 0.0498. The maximum atomic E-state index is 12.3. The number of carbonyl (C=O) groups is 1. The first-order valence-electron chi connectivity index (χ1n) is 8.04. The van der Waals surface area contributed by atoms with Gasteiger partial charge in [0.1, 0.15) is 15.4 Å². The molecule has 1 amide bonds. The van der Waals surface area contributed by atoms with Crippen molar-refractivity contribution in [1.29, 1.82) is 0 Å². The fourth-order valence-corrected chi connectivity index (χ4v) is 4.01. The van der Waals surface area contributed by atoms with Gasteiger partial charge >= 0.3 is 0 Å². The molecular formula is C20H14BrN3OS. The second-order valence-electron chi connectivity index (χ2n) is 5.78. The molecule has 0 aliphatic heterocycles. The highest BCUT2D eigenvalue weighted by atomic mass is 79.9. The van der Waals surface area contributed by atoms with Crippen molar-refractivity contribution >= 4 is 49.2 Å². The molecule has 0 atom stereocenters. The molecule has 0 aliphatic carbocycles. The summed E-state index contributed by atoms with van der Waals surface area (Å²) in [6.45, 7) is 0. The number of pyridine rings is 1. The summed E-state index contributed by atoms with van der Waals surface area (Å²) in [6, 6.07) is 19.3. The minimum Gasteiger partial charge on any atom is -0.326 e. The lowest BCUT2D eigenvalue weighted by Gasteiger charge is -2.07. The Balaban J connectivity index is 1.53. The number of rotatable bonds is 4. The van der Waals surface area contributed by atoms with E-state index < -0.39 is 0 Å². The maximum absolute atomic E-state index is 12.3. The number of anilines is 1. The van der Waals surface area contributed by atoms with Crippen molar-refractivity contribution in [2.75, 3.05) is 5.32 Å². The minimum atomic E-state index is -0.0498. The number of hydrogen-bond donors (Lipinski definition) is 1. The number of nitrogens with one attached hydrogen (secondary N) is 1. The molecule has 0 unspecified atom stereocenters. The van der Waals surface area contributed by atoms with Gasteiger partial charge in [-0.2, -0.15) is 0 Å². The van der Waals surface area contributed by atoms with E-state index in [2.05, 4.69) is 31.2 Å². The molecule has 4 nitrogen and oxygen atoms in total. The Morgan fingerprint density at radius 3 is 2.81 bits per heavy atom. The zero-order chi connectivity index (χ0) is 17.9. The molecule has 26 heavy (non-hydrogen) atoms. The predicted octanol–water partition coefficient (Wildman–Crippen LogP) is 5.30. The van der Waals surface area contributed by atoms with E-state index >= 15 is 0 Å². The number of carbonyl (C=O) groups excluding carboxylic acids is 1. The van der Waals surface area contributed by atoms with E-state index in [9.17, 15) is 4.79 Å². The van der Waals surface area contributed by atoms with Gasteiger partial charge in [0.2, 0.25) is 5.91 Å². The van der Waals surface area contributed by atoms with E-state index in [0.29, 0.717) is 6.42 Å². The van der Waals surface area contributed by atoms with Crippen LogP contribution >= 0.6 is 27.3 Å². The van der Waals surface area contributed by atoms with Gasteiger partial charge in [0.05, 0.1) is 6.42 Å². The third kappa shape index (κ3) is 3.81. The lowest BCUT2D eigenvalue weighted by Crippen LogP contribution is -2.14. The van der Waals surface area contributed by atoms with Gasteiger partial charge in [-0.3, -0.25) is 4.79 Å². The van der Waals surface area contributed by atoms with E-state index in [1.807, 2.05) is 60.7 Å². The summed E-state index contributed by atoms with van der Waals surface area (Å²) in [5.74, 6) is -0.0498. The monoisotopic (exact) mass is 423 g/mol. The van der Waals surface area contributed by atoms with Crippen molar-refractivity contribution < 1.29 is 4.79 Å². The molecule has 0 spiro atoms. The lowest BCUT2D eigenvalue weighted by atomic mass is 10.1. The van der Waals surface area contributed by atoms with Crippen molar-refractivity contribution in [3.63, 3.8) is 0 Å². The number of hydrogen-bond acceptors (Lipinski definition) is 4. The van der Waals surface area contributed by atoms with E-state index in [1.54, 1.807) is 17.5 Å². The van der Waals surface area contributed by atoms with Crippen LogP contribution in [0.1, 0.15) is 5.56 Å². The number of benzene rings is 2. The smallest absolute Gasteiger partial charge is 0.228 e. The number of aromatic nitrogens is 2. The fourth-order valence-electron chi connectivity index (χ4n) is 2.66. The summed E-state index contributed by atoms with van der Waals surface area (Å²) < 4.78 is 0.967. The first kappa shape index (κ1) is 16.9. The predicted molar refractivity (Wildman–Crippen MR) is 109 cm³/mol. The van der Waals surface area contributed by atoms with Gasteiger partial charge in [0.25, 0.3) is 0 Å². The van der Waals surface area contributed by atoms with Crippen molar-refractivity contribution in [2.24, 2.45) is 0 Å². The third-order valence-electron chi connectivity index (χ3n) is 3.81. The lowest BCUT2D eigenvalue weighted by molar-refractivity contribution is -0.115. The van der Waals surface area contributed by atoms with Crippen LogP contribution in [-0.4, -0.2) is 15.9 Å². The molecule has 1 N–H and O–H groups in total. The Hall–Kier alpha value is -2.57. The van der Waals surface area contributed by atoms with E-state index in [1.165, 1.54) is 0 Å². The van der Waals surface area contributed by atoms with Crippen LogP contribution in [-0.2, 0) is 11.2 Å². The SMILES string of the molecule is O=C(Cc1cccc(Br)c1)Nc1cccc(-c2nc3cccnc3s2)c1. The van der Waals surface area contributed by atoms with Gasteiger partial charge in [-0.25, -0.2) is 9.97 Å². The molecule has 2 heterocycles. The highest BCUT2D eigenvalue weighted by Gasteiger charge is 2.09. The van der Waals surface area contributed by atoms with Crippen molar-refractivity contribution in [2.45, 2.75) is 6.42 Å². The summed E-state index contributed by atoms with van der Waals surface area (Å²) in [5.41, 5.74) is 3.57. The van der Waals surface area contributed by atoms with Crippen LogP contribution < -0.4 is 5.32 Å². The fraction of sp³-hybridized carbons (Fsp3) is 0.0500. The van der Waals surface area contributed by atoms with Crippen LogP contribution in [0, 0.1) is 0 Å². The highest BCUT2D eigenvalue weighted by Crippen LogP contribution is 2.30. The van der Waals surface area contributed by atoms with Gasteiger partial charge in [-0.05, 0) is 42.0 Å². The Labute approximate surface area is 163 Å². The van der Waals surface area contributed by atoms with Crippen molar-refractivity contribution in [3.05, 3.63) is 76.9 Å². The molecule has 0 fully saturated rings. The van der Waals surface area contributed by atoms with E-state index in [-0.39, 0.29) is 5.91 Å². The average Bonchev–Trinajstić information content (AvgIpc) is 3.06. The van der Waals surface area contributed by atoms with Crippen LogP contribution in [0.3, 0.4) is 0 Å². The molecule has 6 heteroatoms. The Morgan fingerprint density at radius 1 is 1.08 bits per heavy atom. The molecule has 0 radical (unpaired) electrons. The molecular weight excluding hydrogens is 410 g/mol. The van der Waals surface area contributed by atoms with Gasteiger partial charge in [0, 0.05) is 21.9 Å². The van der Waals surface area contributed by atoms with Gasteiger partial charge in [0.15, 0.2) is 0 Å². The number of halogens is 1. The molecule has 0 saturated heterocycles.